The van der Waals surface area contributed by atoms with Crippen LogP contribution in [0.15, 0.2) is 42.7 Å². The maximum absolute atomic E-state index is 11.9. The number of nitrogens with one attached hydrogen (secondary N) is 2. The fourth-order valence-corrected chi connectivity index (χ4v) is 2.22. The molecule has 24 heavy (non-hydrogen) atoms. The van der Waals surface area contributed by atoms with E-state index in [4.69, 9.17) is 9.47 Å². The standard InChI is InChI=1S/C18H23N3O3/c1-23-16-6-5-14(10-17(16)24-2)13-21-18(22)7-9-20-12-15-4-3-8-19-11-15/h3-6,8,10-11,20H,7,9,12-13H2,1-2H3,(H,21,22). The maximum atomic E-state index is 11.9. The number of carbonyl (C=O) groups is 1. The minimum absolute atomic E-state index is 0.00321. The van der Waals surface area contributed by atoms with Gasteiger partial charge in [-0.1, -0.05) is 12.1 Å². The van der Waals surface area contributed by atoms with Crippen molar-refractivity contribution >= 4 is 5.91 Å². The zero-order chi connectivity index (χ0) is 17.2. The summed E-state index contributed by atoms with van der Waals surface area (Å²) >= 11 is 0. The Kier molecular flexibility index (Phi) is 7.04. The van der Waals surface area contributed by atoms with Crippen LogP contribution in [0.25, 0.3) is 0 Å². The average molecular weight is 329 g/mol. The topological polar surface area (TPSA) is 72.5 Å². The SMILES string of the molecule is COc1ccc(CNC(=O)CCNCc2cccnc2)cc1OC. The highest BCUT2D eigenvalue weighted by molar-refractivity contribution is 5.76. The molecule has 1 amide bonds. The number of hydrogen-bond acceptors (Lipinski definition) is 5. The van der Waals surface area contributed by atoms with Crippen LogP contribution in [0.5, 0.6) is 11.5 Å². The van der Waals surface area contributed by atoms with E-state index in [1.165, 1.54) is 0 Å². The van der Waals surface area contributed by atoms with Crippen molar-refractivity contribution in [3.05, 3.63) is 53.9 Å². The van der Waals surface area contributed by atoms with Crippen LogP contribution in [-0.2, 0) is 17.9 Å². The second-order valence-corrected chi connectivity index (χ2v) is 5.25. The van der Waals surface area contributed by atoms with Crippen molar-refractivity contribution in [2.75, 3.05) is 20.8 Å². The fraction of sp³-hybridized carbons (Fsp3) is 0.333. The highest BCUT2D eigenvalue weighted by atomic mass is 16.5. The lowest BCUT2D eigenvalue weighted by Crippen LogP contribution is -2.27. The van der Waals surface area contributed by atoms with E-state index in [1.54, 1.807) is 20.4 Å². The zero-order valence-corrected chi connectivity index (χ0v) is 14.0. The van der Waals surface area contributed by atoms with Crippen molar-refractivity contribution in [2.24, 2.45) is 0 Å². The summed E-state index contributed by atoms with van der Waals surface area (Å²) in [6, 6.07) is 9.49. The van der Waals surface area contributed by atoms with Crippen molar-refractivity contribution in [2.45, 2.75) is 19.5 Å². The van der Waals surface area contributed by atoms with E-state index in [0.29, 0.717) is 37.6 Å². The lowest BCUT2D eigenvalue weighted by molar-refractivity contribution is -0.121. The van der Waals surface area contributed by atoms with Crippen LogP contribution < -0.4 is 20.1 Å². The first-order chi connectivity index (χ1) is 11.7. The van der Waals surface area contributed by atoms with Crippen LogP contribution in [0.2, 0.25) is 0 Å². The molecule has 6 heteroatoms. The minimum Gasteiger partial charge on any atom is -0.493 e. The Morgan fingerprint density at radius 2 is 1.92 bits per heavy atom. The predicted molar refractivity (Wildman–Crippen MR) is 92.0 cm³/mol. The molecule has 0 unspecified atom stereocenters. The number of ether oxygens (including phenoxy) is 2. The molecule has 0 spiro atoms. The van der Waals surface area contributed by atoms with Crippen LogP contribution in [0.4, 0.5) is 0 Å². The maximum Gasteiger partial charge on any atom is 0.221 e. The lowest BCUT2D eigenvalue weighted by Gasteiger charge is -2.10. The van der Waals surface area contributed by atoms with Gasteiger partial charge in [0.2, 0.25) is 5.91 Å². The molecule has 0 atom stereocenters. The second-order valence-electron chi connectivity index (χ2n) is 5.25. The Hall–Kier alpha value is -2.60. The molecule has 0 aliphatic carbocycles. The van der Waals surface area contributed by atoms with Gasteiger partial charge in [0.25, 0.3) is 0 Å². The third-order valence-corrected chi connectivity index (χ3v) is 3.52. The van der Waals surface area contributed by atoms with Crippen molar-refractivity contribution in [3.63, 3.8) is 0 Å². The van der Waals surface area contributed by atoms with Crippen LogP contribution in [-0.4, -0.2) is 31.7 Å². The molecule has 1 aromatic heterocycles. The molecule has 0 saturated heterocycles. The van der Waals surface area contributed by atoms with Crippen molar-refractivity contribution in [3.8, 4) is 11.5 Å². The predicted octanol–water partition coefficient (Wildman–Crippen LogP) is 1.89. The van der Waals surface area contributed by atoms with Gasteiger partial charge in [0, 0.05) is 38.4 Å². The molecular formula is C18H23N3O3. The Morgan fingerprint density at radius 1 is 1.08 bits per heavy atom. The molecule has 0 aliphatic heterocycles. The van der Waals surface area contributed by atoms with Gasteiger partial charge in [0.05, 0.1) is 14.2 Å². The third-order valence-electron chi connectivity index (χ3n) is 3.52. The quantitative estimate of drug-likeness (QED) is 0.688. The van der Waals surface area contributed by atoms with Crippen LogP contribution in [0.3, 0.4) is 0 Å². The third kappa shape index (κ3) is 5.55. The van der Waals surface area contributed by atoms with E-state index in [9.17, 15) is 4.79 Å². The molecule has 2 rings (SSSR count). The number of hydrogen-bond donors (Lipinski definition) is 2. The van der Waals surface area contributed by atoms with Crippen molar-refractivity contribution in [1.29, 1.82) is 0 Å². The van der Waals surface area contributed by atoms with E-state index < -0.39 is 0 Å². The number of aromatic nitrogens is 1. The lowest BCUT2D eigenvalue weighted by atomic mass is 10.2. The highest BCUT2D eigenvalue weighted by Gasteiger charge is 2.06. The Morgan fingerprint density at radius 3 is 2.62 bits per heavy atom. The van der Waals surface area contributed by atoms with Gasteiger partial charge < -0.3 is 20.1 Å². The summed E-state index contributed by atoms with van der Waals surface area (Å²) in [5, 5.41) is 6.13. The summed E-state index contributed by atoms with van der Waals surface area (Å²) < 4.78 is 10.4. The summed E-state index contributed by atoms with van der Waals surface area (Å²) in [5.74, 6) is 1.33. The molecule has 1 heterocycles. The number of benzene rings is 1. The van der Waals surface area contributed by atoms with Crippen LogP contribution in [0.1, 0.15) is 17.5 Å². The molecule has 0 bridgehead atoms. The number of nitrogens with zero attached hydrogens (tertiary/aromatic N) is 1. The molecule has 0 aliphatic rings. The van der Waals surface area contributed by atoms with E-state index in [0.717, 1.165) is 11.1 Å². The van der Waals surface area contributed by atoms with Crippen molar-refractivity contribution in [1.82, 2.24) is 15.6 Å². The molecule has 1 aromatic carbocycles. The number of rotatable bonds is 9. The van der Waals surface area contributed by atoms with E-state index in [-0.39, 0.29) is 5.91 Å². The van der Waals surface area contributed by atoms with Gasteiger partial charge in [-0.2, -0.15) is 0 Å². The van der Waals surface area contributed by atoms with E-state index in [1.807, 2.05) is 36.5 Å². The molecule has 0 radical (unpaired) electrons. The minimum atomic E-state index is 0.00321. The summed E-state index contributed by atoms with van der Waals surface area (Å²) in [6.45, 7) is 1.78. The van der Waals surface area contributed by atoms with Crippen molar-refractivity contribution < 1.29 is 14.3 Å². The number of methoxy groups -OCH3 is 2. The van der Waals surface area contributed by atoms with E-state index in [2.05, 4.69) is 15.6 Å². The summed E-state index contributed by atoms with van der Waals surface area (Å²) in [6.07, 6.45) is 3.97. The van der Waals surface area contributed by atoms with Gasteiger partial charge in [-0.15, -0.1) is 0 Å². The smallest absolute Gasteiger partial charge is 0.221 e. The van der Waals surface area contributed by atoms with Gasteiger partial charge in [0.15, 0.2) is 11.5 Å². The van der Waals surface area contributed by atoms with Gasteiger partial charge in [-0.25, -0.2) is 0 Å². The summed E-state index contributed by atoms with van der Waals surface area (Å²) in [7, 11) is 3.19. The first kappa shape index (κ1) is 17.7. The molecule has 128 valence electrons. The Labute approximate surface area is 142 Å². The van der Waals surface area contributed by atoms with Crippen LogP contribution in [0, 0.1) is 0 Å². The largest absolute Gasteiger partial charge is 0.493 e. The van der Waals surface area contributed by atoms with Crippen LogP contribution >= 0.6 is 0 Å². The first-order valence-electron chi connectivity index (χ1n) is 7.80. The fourth-order valence-electron chi connectivity index (χ4n) is 2.22. The molecule has 6 nitrogen and oxygen atoms in total. The molecular weight excluding hydrogens is 306 g/mol. The summed E-state index contributed by atoms with van der Waals surface area (Å²) in [4.78, 5) is 15.9. The first-order valence-corrected chi connectivity index (χ1v) is 7.80. The Balaban J connectivity index is 1.69. The van der Waals surface area contributed by atoms with Gasteiger partial charge in [0.1, 0.15) is 0 Å². The number of carbonyl (C=O) groups excluding carboxylic acids is 1. The zero-order valence-electron chi connectivity index (χ0n) is 14.0. The van der Waals surface area contributed by atoms with Gasteiger partial charge in [-0.3, -0.25) is 9.78 Å². The molecule has 0 fully saturated rings. The van der Waals surface area contributed by atoms with Gasteiger partial charge in [-0.05, 0) is 29.3 Å². The number of amides is 1. The summed E-state index contributed by atoms with van der Waals surface area (Å²) in [5.41, 5.74) is 2.06. The Bertz CT molecular complexity index is 647. The van der Waals surface area contributed by atoms with Gasteiger partial charge >= 0.3 is 0 Å². The second kappa shape index (κ2) is 9.52. The highest BCUT2D eigenvalue weighted by Crippen LogP contribution is 2.27. The number of pyridine rings is 1. The average Bonchev–Trinajstić information content (AvgIpc) is 2.64. The molecule has 0 saturated carbocycles. The molecule has 2 N–H and O–H groups in total. The molecule has 2 aromatic rings. The monoisotopic (exact) mass is 329 g/mol. The van der Waals surface area contributed by atoms with E-state index >= 15 is 0 Å². The normalized spacial score (nSPS) is 10.2.